The molecule has 2 rings (SSSR count). The number of methoxy groups -OCH3 is 2. The average molecular weight is 649 g/mol. The summed E-state index contributed by atoms with van der Waals surface area (Å²) in [6, 6.07) is 8.01. The highest BCUT2D eigenvalue weighted by Crippen LogP contribution is 2.47. The van der Waals surface area contributed by atoms with E-state index in [1.54, 1.807) is 57.2 Å². The smallest absolute Gasteiger partial charge is 0.329 e. The van der Waals surface area contributed by atoms with Gasteiger partial charge in [-0.25, -0.2) is 9.59 Å². The van der Waals surface area contributed by atoms with Crippen LogP contribution in [0, 0.1) is 11.8 Å². The van der Waals surface area contributed by atoms with Crippen molar-refractivity contribution < 1.29 is 38.5 Å². The largest absolute Gasteiger partial charge is 0.496 e. The third-order valence-corrected chi connectivity index (χ3v) is 8.62. The van der Waals surface area contributed by atoms with Gasteiger partial charge in [0.25, 0.3) is 11.8 Å². The standard InChI is InChI=1S/C32H44N2O8S2/c1-18(2)16-22(30(37)38)33-28(35)20-12-10-14-24(40-8)26(20)43-44-27-21(13-11-15-25(27)41-9)29(36)34-23(17-19(3)4)31(39)42-32(5,6)7/h10-15,18-19,22-23H,16-17H2,1-9H3,(H,33,35)(H,34,36)(H,37,38)/t22-,23-/m0/s1. The Kier molecular flexibility index (Phi) is 13.9. The minimum atomic E-state index is -1.12. The molecule has 0 unspecified atom stereocenters. The molecule has 44 heavy (non-hydrogen) atoms. The van der Waals surface area contributed by atoms with Crippen molar-refractivity contribution in [2.75, 3.05) is 14.2 Å². The summed E-state index contributed by atoms with van der Waals surface area (Å²) in [5.74, 6) is -1.72. The molecule has 10 nitrogen and oxygen atoms in total. The van der Waals surface area contributed by atoms with Gasteiger partial charge in [-0.3, -0.25) is 9.59 Å². The maximum atomic E-state index is 13.6. The molecule has 242 valence electrons. The summed E-state index contributed by atoms with van der Waals surface area (Å²) in [5.41, 5.74) is -0.231. The number of hydrogen-bond donors (Lipinski definition) is 3. The number of benzene rings is 2. The molecule has 0 heterocycles. The third-order valence-electron chi connectivity index (χ3n) is 6.11. The van der Waals surface area contributed by atoms with Crippen LogP contribution in [0.5, 0.6) is 11.5 Å². The van der Waals surface area contributed by atoms with Gasteiger partial charge in [0.15, 0.2) is 0 Å². The van der Waals surface area contributed by atoms with E-state index >= 15 is 0 Å². The van der Waals surface area contributed by atoms with Gasteiger partial charge in [-0.2, -0.15) is 0 Å². The minimum Gasteiger partial charge on any atom is -0.496 e. The summed E-state index contributed by atoms with van der Waals surface area (Å²) in [6.07, 6.45) is 0.652. The van der Waals surface area contributed by atoms with Crippen molar-refractivity contribution in [1.82, 2.24) is 10.6 Å². The zero-order chi connectivity index (χ0) is 33.2. The van der Waals surface area contributed by atoms with E-state index in [4.69, 9.17) is 14.2 Å². The predicted molar refractivity (Wildman–Crippen MR) is 173 cm³/mol. The highest BCUT2D eigenvalue weighted by Gasteiger charge is 2.30. The molecular formula is C32H44N2O8S2. The second kappa shape index (κ2) is 16.6. The fraction of sp³-hybridized carbons (Fsp3) is 0.500. The molecular weight excluding hydrogens is 604 g/mol. The number of aliphatic carboxylic acids is 1. The quantitative estimate of drug-likeness (QED) is 0.151. The Morgan fingerprint density at radius 1 is 0.750 bits per heavy atom. The molecule has 3 N–H and O–H groups in total. The van der Waals surface area contributed by atoms with Crippen molar-refractivity contribution in [3.63, 3.8) is 0 Å². The zero-order valence-corrected chi connectivity index (χ0v) is 28.4. The van der Waals surface area contributed by atoms with Gasteiger partial charge in [0.1, 0.15) is 29.2 Å². The number of amides is 2. The van der Waals surface area contributed by atoms with Crippen molar-refractivity contribution >= 4 is 45.3 Å². The molecule has 0 saturated carbocycles. The van der Waals surface area contributed by atoms with Gasteiger partial charge < -0.3 is 30.0 Å². The Bertz CT molecular complexity index is 1320. The molecule has 2 amide bonds. The molecule has 0 spiro atoms. The fourth-order valence-corrected chi connectivity index (χ4v) is 6.86. The summed E-state index contributed by atoms with van der Waals surface area (Å²) in [7, 11) is 5.29. The SMILES string of the molecule is COc1cccc(C(=O)N[C@@H](CC(C)C)C(=O)O)c1SSc1c(OC)cccc1C(=O)N[C@@H](CC(C)C)C(=O)OC(C)(C)C. The van der Waals surface area contributed by atoms with E-state index in [1.807, 2.05) is 27.7 Å². The van der Waals surface area contributed by atoms with Gasteiger partial charge in [-0.1, -0.05) is 39.8 Å². The number of carboxylic acid groups (broad SMARTS) is 1. The molecule has 0 bridgehead atoms. The van der Waals surface area contributed by atoms with Crippen LogP contribution in [-0.4, -0.2) is 60.8 Å². The van der Waals surface area contributed by atoms with Crippen LogP contribution in [0.4, 0.5) is 0 Å². The number of carboxylic acids is 1. The Hall–Kier alpha value is -3.38. The molecule has 0 fully saturated rings. The first-order chi connectivity index (χ1) is 20.6. The second-order valence-corrected chi connectivity index (χ2v) is 14.2. The van der Waals surface area contributed by atoms with Crippen molar-refractivity contribution in [3.8, 4) is 11.5 Å². The van der Waals surface area contributed by atoms with Crippen LogP contribution in [0.15, 0.2) is 46.2 Å². The molecule has 2 aromatic rings. The summed E-state index contributed by atoms with van der Waals surface area (Å²) < 4.78 is 16.7. The first-order valence-corrected chi connectivity index (χ1v) is 16.5. The molecule has 2 aromatic carbocycles. The van der Waals surface area contributed by atoms with E-state index in [0.717, 1.165) is 0 Å². The number of esters is 1. The van der Waals surface area contributed by atoms with Crippen LogP contribution in [0.3, 0.4) is 0 Å². The third kappa shape index (κ3) is 11.0. The Morgan fingerprint density at radius 3 is 1.52 bits per heavy atom. The molecule has 12 heteroatoms. The van der Waals surface area contributed by atoms with Gasteiger partial charge in [0.05, 0.1) is 35.1 Å². The number of rotatable bonds is 15. The minimum absolute atomic E-state index is 0.0525. The summed E-state index contributed by atoms with van der Waals surface area (Å²) in [6.45, 7) is 13.0. The highest BCUT2D eigenvalue weighted by molar-refractivity contribution is 8.76. The lowest BCUT2D eigenvalue weighted by molar-refractivity contribution is -0.157. The zero-order valence-electron chi connectivity index (χ0n) is 26.8. The van der Waals surface area contributed by atoms with Crippen molar-refractivity contribution in [2.24, 2.45) is 11.8 Å². The van der Waals surface area contributed by atoms with Gasteiger partial charge >= 0.3 is 11.9 Å². The fourth-order valence-electron chi connectivity index (χ4n) is 4.19. The molecule has 0 aliphatic heterocycles. The second-order valence-electron chi connectivity index (χ2n) is 12.0. The van der Waals surface area contributed by atoms with Gasteiger partial charge in [0, 0.05) is 0 Å². The lowest BCUT2D eigenvalue weighted by atomic mass is 10.0. The predicted octanol–water partition coefficient (Wildman–Crippen LogP) is 6.22. The molecule has 0 radical (unpaired) electrons. The summed E-state index contributed by atoms with van der Waals surface area (Å²) in [5, 5.41) is 15.1. The van der Waals surface area contributed by atoms with Crippen molar-refractivity contribution in [3.05, 3.63) is 47.5 Å². The molecule has 0 aromatic heterocycles. The van der Waals surface area contributed by atoms with Crippen LogP contribution >= 0.6 is 21.6 Å². The lowest BCUT2D eigenvalue weighted by Crippen LogP contribution is -2.45. The molecule has 0 aliphatic carbocycles. The van der Waals surface area contributed by atoms with Crippen LogP contribution in [0.1, 0.15) is 82.0 Å². The van der Waals surface area contributed by atoms with Crippen LogP contribution < -0.4 is 20.1 Å². The topological polar surface area (TPSA) is 140 Å². The first kappa shape index (κ1) is 36.8. The lowest BCUT2D eigenvalue weighted by Gasteiger charge is -2.26. The van der Waals surface area contributed by atoms with E-state index in [9.17, 15) is 24.3 Å². The number of ether oxygens (including phenoxy) is 3. The normalized spacial score (nSPS) is 12.8. The summed E-state index contributed by atoms with van der Waals surface area (Å²) in [4.78, 5) is 52.6. The highest BCUT2D eigenvalue weighted by atomic mass is 33.1. The van der Waals surface area contributed by atoms with E-state index in [-0.39, 0.29) is 29.4 Å². The number of hydrogen-bond acceptors (Lipinski definition) is 9. The summed E-state index contributed by atoms with van der Waals surface area (Å²) >= 11 is 0. The van der Waals surface area contributed by atoms with Crippen molar-refractivity contribution in [1.29, 1.82) is 0 Å². The van der Waals surface area contributed by atoms with Crippen LogP contribution in [0.2, 0.25) is 0 Å². The number of carbonyl (C=O) groups excluding carboxylic acids is 3. The number of nitrogens with one attached hydrogen (secondary N) is 2. The number of carbonyl (C=O) groups is 4. The average Bonchev–Trinajstić information content (AvgIpc) is 2.93. The first-order valence-electron chi connectivity index (χ1n) is 14.3. The van der Waals surface area contributed by atoms with Crippen LogP contribution in [-0.2, 0) is 14.3 Å². The van der Waals surface area contributed by atoms with E-state index < -0.39 is 41.4 Å². The molecule has 0 saturated heterocycles. The molecule has 0 aliphatic rings. The van der Waals surface area contributed by atoms with E-state index in [1.165, 1.54) is 35.8 Å². The van der Waals surface area contributed by atoms with Gasteiger partial charge in [-0.05, 0) is 91.3 Å². The Balaban J connectivity index is 2.44. The van der Waals surface area contributed by atoms with Gasteiger partial charge in [-0.15, -0.1) is 0 Å². The van der Waals surface area contributed by atoms with E-state index in [0.29, 0.717) is 27.7 Å². The molecule has 2 atom stereocenters. The maximum Gasteiger partial charge on any atom is 0.329 e. The Morgan fingerprint density at radius 2 is 1.16 bits per heavy atom. The van der Waals surface area contributed by atoms with Crippen molar-refractivity contribution in [2.45, 2.75) is 88.8 Å². The van der Waals surface area contributed by atoms with Crippen LogP contribution in [0.25, 0.3) is 0 Å². The Labute approximate surface area is 267 Å². The van der Waals surface area contributed by atoms with E-state index in [2.05, 4.69) is 10.6 Å². The maximum absolute atomic E-state index is 13.6. The van der Waals surface area contributed by atoms with Gasteiger partial charge in [0.2, 0.25) is 0 Å². The monoisotopic (exact) mass is 648 g/mol.